The Kier molecular flexibility index (Phi) is 7.73. The highest BCUT2D eigenvalue weighted by molar-refractivity contribution is 8.00. The molecule has 9 nitrogen and oxygen atoms in total. The van der Waals surface area contributed by atoms with Crippen LogP contribution < -0.4 is 10.9 Å². The van der Waals surface area contributed by atoms with Gasteiger partial charge in [-0.25, -0.2) is 4.68 Å². The number of aromatic nitrogens is 5. The van der Waals surface area contributed by atoms with Gasteiger partial charge < -0.3 is 10.1 Å². The van der Waals surface area contributed by atoms with Crippen molar-refractivity contribution < 1.29 is 9.53 Å². The lowest BCUT2D eigenvalue weighted by molar-refractivity contribution is -0.115. The number of para-hydroxylation sites is 1. The van der Waals surface area contributed by atoms with E-state index in [9.17, 15) is 9.59 Å². The van der Waals surface area contributed by atoms with E-state index in [4.69, 9.17) is 16.3 Å². The third-order valence-corrected chi connectivity index (χ3v) is 8.02. The van der Waals surface area contributed by atoms with Gasteiger partial charge >= 0.3 is 0 Å². The first-order valence-electron chi connectivity index (χ1n) is 12.5. The molecule has 0 unspecified atom stereocenters. The summed E-state index contributed by atoms with van der Waals surface area (Å²) < 4.78 is 11.2. The first-order valence-corrected chi connectivity index (χ1v) is 13.7. The highest BCUT2D eigenvalue weighted by atomic mass is 35.5. The van der Waals surface area contributed by atoms with E-state index >= 15 is 0 Å². The van der Waals surface area contributed by atoms with Crippen LogP contribution in [0.1, 0.15) is 25.5 Å². The van der Waals surface area contributed by atoms with Gasteiger partial charge in [-0.2, -0.15) is 0 Å². The zero-order chi connectivity index (χ0) is 26.8. The number of thioether (sulfide) groups is 1. The lowest BCUT2D eigenvalue weighted by atomic mass is 10.2. The van der Waals surface area contributed by atoms with Gasteiger partial charge in [0, 0.05) is 24.2 Å². The second-order valence-corrected chi connectivity index (χ2v) is 11.0. The number of anilines is 1. The normalized spacial score (nSPS) is 16.1. The summed E-state index contributed by atoms with van der Waals surface area (Å²) in [6.07, 6.45) is 2.03. The topological polar surface area (TPSA) is 96.0 Å². The van der Waals surface area contributed by atoms with E-state index in [2.05, 4.69) is 15.5 Å². The Morgan fingerprint density at radius 2 is 1.92 bits per heavy atom. The van der Waals surface area contributed by atoms with Gasteiger partial charge in [-0.1, -0.05) is 41.6 Å². The van der Waals surface area contributed by atoms with Gasteiger partial charge in [-0.05, 0) is 63.1 Å². The molecule has 2 atom stereocenters. The third kappa shape index (κ3) is 5.29. The van der Waals surface area contributed by atoms with Gasteiger partial charge in [0.2, 0.25) is 5.91 Å². The van der Waals surface area contributed by atoms with Gasteiger partial charge in [-0.3, -0.25) is 18.8 Å². The first kappa shape index (κ1) is 26.3. The molecular formula is C27H29ClN6O3S. The number of halogens is 1. The fourth-order valence-corrected chi connectivity index (χ4v) is 5.48. The molecule has 4 aromatic rings. The van der Waals surface area contributed by atoms with Gasteiger partial charge in [0.05, 0.1) is 29.3 Å². The molecule has 0 spiro atoms. The molecule has 1 saturated heterocycles. The molecule has 1 amide bonds. The Morgan fingerprint density at radius 1 is 1.18 bits per heavy atom. The van der Waals surface area contributed by atoms with Gasteiger partial charge in [-0.15, -0.1) is 10.2 Å². The molecule has 1 aliphatic heterocycles. The Morgan fingerprint density at radius 3 is 2.61 bits per heavy atom. The average molecular weight is 553 g/mol. The highest BCUT2D eigenvalue weighted by Crippen LogP contribution is 2.30. The van der Waals surface area contributed by atoms with E-state index in [0.29, 0.717) is 28.2 Å². The maximum absolute atomic E-state index is 13.3. The summed E-state index contributed by atoms with van der Waals surface area (Å²) in [6.45, 7) is 4.93. The largest absolute Gasteiger partial charge is 0.376 e. The molecule has 11 heteroatoms. The summed E-state index contributed by atoms with van der Waals surface area (Å²) in [5.41, 5.74) is 2.24. The van der Waals surface area contributed by atoms with Gasteiger partial charge in [0.25, 0.3) is 5.56 Å². The van der Waals surface area contributed by atoms with E-state index in [0.717, 1.165) is 30.7 Å². The van der Waals surface area contributed by atoms with E-state index in [1.807, 2.05) is 66.1 Å². The van der Waals surface area contributed by atoms with Gasteiger partial charge in [0.1, 0.15) is 5.69 Å². The molecule has 1 aliphatic rings. The van der Waals surface area contributed by atoms with E-state index in [1.54, 1.807) is 23.3 Å². The minimum atomic E-state index is -0.537. The Hall–Kier alpha value is -3.34. The number of carbonyl (C=O) groups excluding carboxylic acids is 1. The van der Waals surface area contributed by atoms with Crippen molar-refractivity contribution >= 4 is 35.0 Å². The van der Waals surface area contributed by atoms with Crippen LogP contribution >= 0.6 is 23.4 Å². The summed E-state index contributed by atoms with van der Waals surface area (Å²) in [5, 5.41) is 12.4. The van der Waals surface area contributed by atoms with Crippen LogP contribution in [0.15, 0.2) is 64.5 Å². The van der Waals surface area contributed by atoms with E-state index in [1.165, 1.54) is 11.8 Å². The number of nitrogens with zero attached hydrogens (tertiary/aromatic N) is 5. The fourth-order valence-electron chi connectivity index (χ4n) is 4.49. The number of nitrogens with one attached hydrogen (secondary N) is 1. The molecule has 0 saturated carbocycles. The number of hydrogen-bond acceptors (Lipinski definition) is 6. The van der Waals surface area contributed by atoms with Crippen molar-refractivity contribution in [3.05, 3.63) is 75.7 Å². The molecule has 5 rings (SSSR count). The number of hydrogen-bond donors (Lipinski definition) is 1. The molecule has 0 radical (unpaired) electrons. The Labute approximate surface area is 229 Å². The average Bonchev–Trinajstić information content (AvgIpc) is 3.62. The predicted octanol–water partition coefficient (Wildman–Crippen LogP) is 4.69. The third-order valence-electron chi connectivity index (χ3n) is 6.68. The van der Waals surface area contributed by atoms with Crippen LogP contribution in [-0.2, 0) is 23.1 Å². The maximum atomic E-state index is 13.3. The quantitative estimate of drug-likeness (QED) is 0.318. The molecule has 38 heavy (non-hydrogen) atoms. The second kappa shape index (κ2) is 11.2. The van der Waals surface area contributed by atoms with Crippen LogP contribution in [0.4, 0.5) is 5.69 Å². The molecule has 0 aliphatic carbocycles. The molecule has 2 aromatic carbocycles. The second-order valence-electron chi connectivity index (χ2n) is 9.24. The summed E-state index contributed by atoms with van der Waals surface area (Å²) in [5.74, 6) is 0.401. The van der Waals surface area contributed by atoms with E-state index < -0.39 is 5.25 Å². The standard InChI is InChI=1S/C27H29ClN6O3S/c1-17-23(26(36)34(32(17)3)21-8-5-4-6-9-21)29-25(35)18(2)38-27-31-30-24(19-11-13-20(28)14-12-19)33(27)16-22-10-7-15-37-22/h4-6,8-9,11-14,18,22H,7,10,15-16H2,1-3H3,(H,29,35)/t18-,22+/m1/s1. The van der Waals surface area contributed by atoms with Crippen molar-refractivity contribution in [3.8, 4) is 17.1 Å². The van der Waals surface area contributed by atoms with Crippen molar-refractivity contribution in [2.24, 2.45) is 7.05 Å². The minimum absolute atomic E-state index is 0.0592. The molecule has 1 N–H and O–H groups in total. The highest BCUT2D eigenvalue weighted by Gasteiger charge is 2.26. The summed E-state index contributed by atoms with van der Waals surface area (Å²) in [4.78, 5) is 26.5. The number of ether oxygens (including phenoxy) is 1. The molecule has 2 aromatic heterocycles. The van der Waals surface area contributed by atoms with Crippen molar-refractivity contribution in [1.29, 1.82) is 0 Å². The smallest absolute Gasteiger partial charge is 0.295 e. The maximum Gasteiger partial charge on any atom is 0.295 e. The predicted molar refractivity (Wildman–Crippen MR) is 149 cm³/mol. The summed E-state index contributed by atoms with van der Waals surface area (Å²) >= 11 is 7.38. The Bertz CT molecular complexity index is 1490. The summed E-state index contributed by atoms with van der Waals surface area (Å²) in [7, 11) is 1.80. The molecule has 198 valence electrons. The minimum Gasteiger partial charge on any atom is -0.376 e. The van der Waals surface area contributed by atoms with Crippen LogP contribution in [0.25, 0.3) is 17.1 Å². The summed E-state index contributed by atoms with van der Waals surface area (Å²) in [6, 6.07) is 16.8. The molecule has 3 heterocycles. The van der Waals surface area contributed by atoms with Crippen molar-refractivity contribution in [2.45, 2.75) is 49.7 Å². The SMILES string of the molecule is Cc1c(NC(=O)[C@@H](C)Sc2nnc(-c3ccc(Cl)cc3)n2C[C@@H]2CCCO2)c(=O)n(-c2ccccc2)n1C. The number of carbonyl (C=O) groups is 1. The lowest BCUT2D eigenvalue weighted by Crippen LogP contribution is -2.27. The first-order chi connectivity index (χ1) is 18.3. The van der Waals surface area contributed by atoms with E-state index in [-0.39, 0.29) is 23.3 Å². The van der Waals surface area contributed by atoms with Crippen LogP contribution in [0.3, 0.4) is 0 Å². The zero-order valence-corrected chi connectivity index (χ0v) is 23.0. The number of benzene rings is 2. The van der Waals surface area contributed by atoms with Crippen LogP contribution in [0.5, 0.6) is 0 Å². The monoisotopic (exact) mass is 552 g/mol. The lowest BCUT2D eigenvalue weighted by Gasteiger charge is -2.16. The van der Waals surface area contributed by atoms with Gasteiger partial charge in [0.15, 0.2) is 11.0 Å². The zero-order valence-electron chi connectivity index (χ0n) is 21.4. The Balaban J connectivity index is 1.38. The molecular weight excluding hydrogens is 524 g/mol. The van der Waals surface area contributed by atoms with Crippen LogP contribution in [0.2, 0.25) is 5.02 Å². The fraction of sp³-hybridized carbons (Fsp3) is 0.333. The van der Waals surface area contributed by atoms with Crippen molar-refractivity contribution in [3.63, 3.8) is 0 Å². The number of rotatable bonds is 8. The van der Waals surface area contributed by atoms with Crippen LogP contribution in [0, 0.1) is 6.92 Å². The molecule has 1 fully saturated rings. The van der Waals surface area contributed by atoms with Crippen LogP contribution in [-0.4, -0.2) is 48.0 Å². The van der Waals surface area contributed by atoms with Crippen molar-refractivity contribution in [1.82, 2.24) is 24.1 Å². The molecule has 0 bridgehead atoms. The van der Waals surface area contributed by atoms with Crippen molar-refractivity contribution in [2.75, 3.05) is 11.9 Å². The number of amides is 1.